The Morgan fingerprint density at radius 2 is 0.896 bits per heavy atom. The number of carbonyl (C=O) groups excluding carboxylic acids is 1. The number of hydrogen-bond donors (Lipinski definition) is 3. The highest BCUT2D eigenvalue weighted by Gasteiger charge is 2.27. The minimum absolute atomic E-state index is 0.0569. The molecule has 8 nitrogen and oxygen atoms in total. The van der Waals surface area contributed by atoms with E-state index in [0.29, 0.717) is 17.4 Å². The minimum atomic E-state index is -4.35. The van der Waals surface area contributed by atoms with Gasteiger partial charge in [-0.1, -0.05) is 227 Å². The second kappa shape index (κ2) is 48.4. The number of unbranched alkanes of at least 4 members (excludes halogenated alkanes) is 21. The third-order valence-corrected chi connectivity index (χ3v) is 12.5. The van der Waals surface area contributed by atoms with Gasteiger partial charge in [-0.15, -0.1) is 0 Å². The molecule has 0 spiro atoms. The molecule has 0 fully saturated rings. The number of likely N-dealkylation sites (N-methyl/N-ethyl adjacent to an activating group) is 1. The van der Waals surface area contributed by atoms with Crippen molar-refractivity contribution < 1.29 is 32.9 Å². The summed E-state index contributed by atoms with van der Waals surface area (Å²) >= 11 is 0. The first kappa shape index (κ1) is 64.4. The van der Waals surface area contributed by atoms with E-state index in [2.05, 4.69) is 104 Å². The van der Waals surface area contributed by atoms with E-state index in [4.69, 9.17) is 9.05 Å². The third kappa shape index (κ3) is 51.1. The number of allylic oxidation sites excluding steroid dienone is 15. The van der Waals surface area contributed by atoms with Crippen LogP contribution in [0.15, 0.2) is 97.2 Å². The number of rotatable bonds is 48. The first-order chi connectivity index (χ1) is 32.5. The molecule has 67 heavy (non-hydrogen) atoms. The van der Waals surface area contributed by atoms with E-state index in [1.807, 2.05) is 27.2 Å². The van der Waals surface area contributed by atoms with Crippen molar-refractivity contribution in [2.75, 3.05) is 40.9 Å². The van der Waals surface area contributed by atoms with Gasteiger partial charge in [0.2, 0.25) is 5.91 Å². The second-order valence-electron chi connectivity index (χ2n) is 19.2. The molecular weight excluding hydrogens is 852 g/mol. The molecule has 3 unspecified atom stereocenters. The van der Waals surface area contributed by atoms with E-state index in [1.165, 1.54) is 109 Å². The maximum absolute atomic E-state index is 12.9. The lowest BCUT2D eigenvalue weighted by Crippen LogP contribution is -2.45. The Labute approximate surface area is 413 Å². The number of hydrogen-bond acceptors (Lipinski definition) is 5. The van der Waals surface area contributed by atoms with E-state index in [0.717, 1.165) is 83.5 Å². The highest BCUT2D eigenvalue weighted by Crippen LogP contribution is 2.43. The lowest BCUT2D eigenvalue weighted by Gasteiger charge is -2.25. The van der Waals surface area contributed by atoms with Gasteiger partial charge in [0.1, 0.15) is 13.2 Å². The Morgan fingerprint density at radius 3 is 1.31 bits per heavy atom. The number of phosphoric acid groups is 1. The van der Waals surface area contributed by atoms with Gasteiger partial charge in [0.15, 0.2) is 0 Å². The van der Waals surface area contributed by atoms with Crippen LogP contribution in [0.3, 0.4) is 0 Å². The number of carbonyl (C=O) groups is 1. The van der Waals surface area contributed by atoms with Crippen LogP contribution < -0.4 is 5.32 Å². The zero-order chi connectivity index (χ0) is 49.2. The predicted molar refractivity (Wildman–Crippen MR) is 290 cm³/mol. The van der Waals surface area contributed by atoms with Gasteiger partial charge in [0.25, 0.3) is 0 Å². The standard InChI is InChI=1S/C58H103N2O6P/c1-6-8-10-12-14-16-18-20-21-22-23-24-25-26-27-28-29-30-31-32-33-34-35-36-37-38-39-40-42-44-46-48-50-52-58(62)59-56(55-66-67(63,64)65-54-53-60(3,4)5)57(61)51-49-47-45-43-41-19-17-15-13-11-9-7-2/h8,10,14,16,20-21,23-24,26-27,29-30,32-33,49,51,56-57,61H,6-7,9,11-13,15,17-19,22,25,28,31,34-48,50,52-55H2,1-5H3,(H-,59,62,63,64)/p+1/b10-8-,16-14-,21-20-,24-23-,27-26-,30-29-,33-32-,51-49+. The molecule has 9 heteroatoms. The number of phosphoric ester groups is 1. The predicted octanol–water partition coefficient (Wildman–Crippen LogP) is 16.3. The molecule has 0 aromatic heterocycles. The van der Waals surface area contributed by atoms with Crippen molar-refractivity contribution in [2.24, 2.45) is 0 Å². The number of nitrogens with zero attached hydrogens (tertiary/aromatic N) is 1. The van der Waals surface area contributed by atoms with Gasteiger partial charge < -0.3 is 19.8 Å². The summed E-state index contributed by atoms with van der Waals surface area (Å²) < 4.78 is 23.6. The maximum Gasteiger partial charge on any atom is 0.472 e. The summed E-state index contributed by atoms with van der Waals surface area (Å²) in [6.07, 6.45) is 69.3. The topological polar surface area (TPSA) is 105 Å². The Morgan fingerprint density at radius 1 is 0.522 bits per heavy atom. The molecular formula is C58H104N2O6P+. The summed E-state index contributed by atoms with van der Waals surface area (Å²) in [7, 11) is 1.56. The van der Waals surface area contributed by atoms with Crippen LogP contribution in [-0.4, -0.2) is 73.4 Å². The Kier molecular flexibility index (Phi) is 46.6. The number of aliphatic hydroxyl groups is 1. The van der Waals surface area contributed by atoms with Crippen molar-refractivity contribution in [3.63, 3.8) is 0 Å². The van der Waals surface area contributed by atoms with Crippen LogP contribution in [0.25, 0.3) is 0 Å². The van der Waals surface area contributed by atoms with Gasteiger partial charge in [-0.05, 0) is 77.0 Å². The number of amides is 1. The molecule has 0 aliphatic rings. The van der Waals surface area contributed by atoms with Crippen LogP contribution in [0.2, 0.25) is 0 Å². The molecule has 0 aromatic carbocycles. The van der Waals surface area contributed by atoms with E-state index >= 15 is 0 Å². The summed E-state index contributed by atoms with van der Waals surface area (Å²) in [5, 5.41) is 13.9. The lowest BCUT2D eigenvalue weighted by molar-refractivity contribution is -0.870. The monoisotopic (exact) mass is 956 g/mol. The van der Waals surface area contributed by atoms with Crippen LogP contribution in [0.1, 0.15) is 213 Å². The normalized spacial score (nSPS) is 14.8. The van der Waals surface area contributed by atoms with Crippen LogP contribution in [-0.2, 0) is 18.4 Å². The second-order valence-corrected chi connectivity index (χ2v) is 20.7. The fourth-order valence-electron chi connectivity index (χ4n) is 7.32. The quantitative estimate of drug-likeness (QED) is 0.0243. The Bertz CT molecular complexity index is 1410. The van der Waals surface area contributed by atoms with Crippen molar-refractivity contribution >= 4 is 13.7 Å². The first-order valence-corrected chi connectivity index (χ1v) is 28.6. The van der Waals surface area contributed by atoms with E-state index in [9.17, 15) is 19.4 Å². The average Bonchev–Trinajstić information content (AvgIpc) is 3.29. The Balaban J connectivity index is 4.13. The highest BCUT2D eigenvalue weighted by atomic mass is 31.2. The fourth-order valence-corrected chi connectivity index (χ4v) is 8.05. The summed E-state index contributed by atoms with van der Waals surface area (Å²) in [6.45, 7) is 4.68. The SMILES string of the molecule is CC/C=C\C/C=C\C/C=C\C/C=C\C/C=C\C/C=C\C/C=C\CCCCCCCCCCCCCC(=O)NC(COP(=O)(O)OCC[N+](C)(C)C)C(O)/C=C/CCCCCCCCCCCC. The Hall–Kier alpha value is -2.58. The summed E-state index contributed by atoms with van der Waals surface area (Å²) in [5.41, 5.74) is 0. The molecule has 3 atom stereocenters. The largest absolute Gasteiger partial charge is 0.472 e. The molecule has 0 aromatic rings. The molecule has 0 aliphatic carbocycles. The van der Waals surface area contributed by atoms with Crippen LogP contribution in [0, 0.1) is 0 Å². The van der Waals surface area contributed by atoms with E-state index in [-0.39, 0.29) is 19.1 Å². The molecule has 0 rings (SSSR count). The van der Waals surface area contributed by atoms with Crippen molar-refractivity contribution in [3.8, 4) is 0 Å². The highest BCUT2D eigenvalue weighted by molar-refractivity contribution is 7.47. The van der Waals surface area contributed by atoms with Gasteiger partial charge in [0.05, 0.1) is 39.9 Å². The molecule has 3 N–H and O–H groups in total. The molecule has 386 valence electrons. The molecule has 0 aliphatic heterocycles. The number of nitrogens with one attached hydrogen (secondary N) is 1. The summed E-state index contributed by atoms with van der Waals surface area (Å²) in [4.78, 5) is 23.2. The van der Waals surface area contributed by atoms with Gasteiger partial charge >= 0.3 is 7.82 Å². The number of quaternary nitrogens is 1. The van der Waals surface area contributed by atoms with Crippen molar-refractivity contribution in [3.05, 3.63) is 97.2 Å². The minimum Gasteiger partial charge on any atom is -0.387 e. The molecule has 0 bridgehead atoms. The molecule has 0 saturated carbocycles. The smallest absolute Gasteiger partial charge is 0.387 e. The van der Waals surface area contributed by atoms with E-state index in [1.54, 1.807) is 6.08 Å². The lowest BCUT2D eigenvalue weighted by atomic mass is 10.0. The van der Waals surface area contributed by atoms with Crippen molar-refractivity contribution in [1.29, 1.82) is 0 Å². The molecule has 1 amide bonds. The third-order valence-electron chi connectivity index (χ3n) is 11.6. The van der Waals surface area contributed by atoms with Crippen LogP contribution >= 0.6 is 7.82 Å². The number of aliphatic hydroxyl groups excluding tert-OH is 1. The molecule has 0 radical (unpaired) electrons. The van der Waals surface area contributed by atoms with Gasteiger partial charge in [-0.25, -0.2) is 4.57 Å². The van der Waals surface area contributed by atoms with Gasteiger partial charge in [-0.3, -0.25) is 13.8 Å². The summed E-state index contributed by atoms with van der Waals surface area (Å²) in [6, 6.07) is -0.852. The fraction of sp³-hybridized carbons (Fsp3) is 0.707. The maximum atomic E-state index is 12.9. The first-order valence-electron chi connectivity index (χ1n) is 27.1. The van der Waals surface area contributed by atoms with Crippen molar-refractivity contribution in [2.45, 2.75) is 225 Å². The van der Waals surface area contributed by atoms with Crippen LogP contribution in [0.4, 0.5) is 0 Å². The van der Waals surface area contributed by atoms with Crippen LogP contribution in [0.5, 0.6) is 0 Å². The molecule has 0 heterocycles. The molecule has 0 saturated heterocycles. The van der Waals surface area contributed by atoms with Crippen molar-refractivity contribution in [1.82, 2.24) is 5.32 Å². The average molecular weight is 956 g/mol. The zero-order valence-electron chi connectivity index (χ0n) is 43.9. The van der Waals surface area contributed by atoms with Gasteiger partial charge in [0, 0.05) is 6.42 Å². The summed E-state index contributed by atoms with van der Waals surface area (Å²) in [5.74, 6) is -0.185. The van der Waals surface area contributed by atoms with E-state index < -0.39 is 20.0 Å². The zero-order valence-corrected chi connectivity index (χ0v) is 44.8. The van der Waals surface area contributed by atoms with Gasteiger partial charge in [-0.2, -0.15) is 0 Å².